The van der Waals surface area contributed by atoms with Gasteiger partial charge in [-0.15, -0.1) is 0 Å². The zero-order valence-electron chi connectivity index (χ0n) is 15.3. The van der Waals surface area contributed by atoms with E-state index in [0.717, 1.165) is 22.6 Å². The summed E-state index contributed by atoms with van der Waals surface area (Å²) in [5.41, 5.74) is 11.8. The lowest BCUT2D eigenvalue weighted by Gasteiger charge is -2.24. The van der Waals surface area contributed by atoms with Gasteiger partial charge in [0.2, 0.25) is 0 Å². The molecule has 1 aromatic rings. The highest BCUT2D eigenvalue weighted by molar-refractivity contribution is 5.41. The van der Waals surface area contributed by atoms with Crippen molar-refractivity contribution in [1.29, 1.82) is 0 Å². The van der Waals surface area contributed by atoms with Gasteiger partial charge < -0.3 is 31.0 Å². The molecule has 6 heteroatoms. The molecule has 0 aliphatic carbocycles. The van der Waals surface area contributed by atoms with Crippen LogP contribution in [0.5, 0.6) is 11.5 Å². The van der Waals surface area contributed by atoms with Gasteiger partial charge in [0.05, 0.1) is 32.8 Å². The van der Waals surface area contributed by atoms with Crippen LogP contribution in [0.25, 0.3) is 0 Å². The minimum absolute atomic E-state index is 0.166. The largest absolute Gasteiger partial charge is 0.497 e. The van der Waals surface area contributed by atoms with Crippen LogP contribution in [-0.4, -0.2) is 27.9 Å². The fourth-order valence-corrected chi connectivity index (χ4v) is 2.39. The molecule has 0 aliphatic heterocycles. The van der Waals surface area contributed by atoms with Gasteiger partial charge in [0, 0.05) is 36.3 Å². The summed E-state index contributed by atoms with van der Waals surface area (Å²) in [5.74, 6) is 2.07. The van der Waals surface area contributed by atoms with Gasteiger partial charge in [-0.1, -0.05) is 13.8 Å². The average molecular weight is 336 g/mol. The Bertz CT molecular complexity index is 595. The lowest BCUT2D eigenvalue weighted by Crippen LogP contribution is -2.42. The molecule has 0 saturated heterocycles. The number of rotatable bonds is 9. The van der Waals surface area contributed by atoms with Gasteiger partial charge in [-0.2, -0.15) is 0 Å². The van der Waals surface area contributed by atoms with Gasteiger partial charge in [-0.25, -0.2) is 0 Å². The smallest absolute Gasteiger partial charge is 0.127 e. The Labute approximate surface area is 144 Å². The minimum Gasteiger partial charge on any atom is -0.497 e. The molecule has 0 aromatic heterocycles. The Morgan fingerprint density at radius 1 is 1.25 bits per heavy atom. The number of nitrogens with two attached hydrogens (primary N) is 1. The molecule has 6 nitrogen and oxygen atoms in total. The van der Waals surface area contributed by atoms with Crippen molar-refractivity contribution in [1.82, 2.24) is 5.32 Å². The highest BCUT2D eigenvalue weighted by atomic mass is 16.5. The highest BCUT2D eigenvalue weighted by Gasteiger charge is 2.23. The van der Waals surface area contributed by atoms with Crippen LogP contribution in [0.15, 0.2) is 41.9 Å². The zero-order valence-corrected chi connectivity index (χ0v) is 15.3. The van der Waals surface area contributed by atoms with Crippen molar-refractivity contribution < 1.29 is 19.9 Å². The Balaban J connectivity index is 2.83. The number of methoxy groups -OCH3 is 3. The summed E-state index contributed by atoms with van der Waals surface area (Å²) >= 11 is 0. The van der Waals surface area contributed by atoms with E-state index in [4.69, 9.17) is 19.9 Å². The van der Waals surface area contributed by atoms with Crippen molar-refractivity contribution in [3.63, 3.8) is 0 Å². The number of benzene rings is 1. The molecule has 0 radical (unpaired) electrons. The van der Waals surface area contributed by atoms with Gasteiger partial charge in [-0.3, -0.25) is 0 Å². The molecule has 0 aliphatic rings. The maximum Gasteiger partial charge on any atom is 0.127 e. The fraction of sp³-hybridized carbons (Fsp3) is 0.444. The molecule has 0 spiro atoms. The van der Waals surface area contributed by atoms with E-state index in [1.54, 1.807) is 21.3 Å². The van der Waals surface area contributed by atoms with Crippen LogP contribution in [0.2, 0.25) is 0 Å². The van der Waals surface area contributed by atoms with Crippen molar-refractivity contribution >= 4 is 0 Å². The molecule has 1 rings (SSSR count). The van der Waals surface area contributed by atoms with E-state index < -0.39 is 0 Å². The van der Waals surface area contributed by atoms with Crippen LogP contribution in [0, 0.1) is 5.41 Å². The summed E-state index contributed by atoms with van der Waals surface area (Å²) < 4.78 is 15.9. The molecule has 0 atom stereocenters. The molecule has 134 valence electrons. The normalized spacial score (nSPS) is 12.9. The molecule has 0 unspecified atom stereocenters. The van der Waals surface area contributed by atoms with Crippen LogP contribution in [-0.2, 0) is 11.3 Å². The van der Waals surface area contributed by atoms with E-state index in [9.17, 15) is 0 Å². The predicted molar refractivity (Wildman–Crippen MR) is 95.3 cm³/mol. The molecule has 0 saturated carbocycles. The van der Waals surface area contributed by atoms with Crippen LogP contribution in [0.3, 0.4) is 0 Å². The second kappa shape index (κ2) is 9.20. The first kappa shape index (κ1) is 19.9. The minimum atomic E-state index is -0.166. The molecular weight excluding hydrogens is 306 g/mol. The highest BCUT2D eigenvalue weighted by Crippen LogP contribution is 2.27. The van der Waals surface area contributed by atoms with Gasteiger partial charge >= 0.3 is 0 Å². The van der Waals surface area contributed by atoms with Gasteiger partial charge in [-0.05, 0) is 18.2 Å². The van der Waals surface area contributed by atoms with Crippen LogP contribution >= 0.6 is 0 Å². The Morgan fingerprint density at radius 2 is 1.96 bits per heavy atom. The van der Waals surface area contributed by atoms with E-state index in [2.05, 4.69) is 24.9 Å². The summed E-state index contributed by atoms with van der Waals surface area (Å²) in [6, 6.07) is 5.69. The summed E-state index contributed by atoms with van der Waals surface area (Å²) in [6.45, 7) is 5.31. The van der Waals surface area contributed by atoms with E-state index in [0.29, 0.717) is 19.0 Å². The number of ether oxygens (including phenoxy) is 3. The van der Waals surface area contributed by atoms with E-state index in [1.807, 2.05) is 30.5 Å². The summed E-state index contributed by atoms with van der Waals surface area (Å²) in [4.78, 5) is 0. The van der Waals surface area contributed by atoms with E-state index in [-0.39, 0.29) is 5.41 Å². The molecule has 6 N–H and O–H groups in total. The third-order valence-corrected chi connectivity index (χ3v) is 3.79. The second-order valence-electron chi connectivity index (χ2n) is 6.11. The third kappa shape index (κ3) is 5.47. The van der Waals surface area contributed by atoms with Crippen LogP contribution in [0.4, 0.5) is 0 Å². The molecule has 0 fully saturated rings. The molecular formula is C18H30N3O3+. The van der Waals surface area contributed by atoms with Crippen molar-refractivity contribution in [2.75, 3.05) is 27.9 Å². The van der Waals surface area contributed by atoms with Crippen LogP contribution in [0.1, 0.15) is 19.4 Å². The first-order valence-corrected chi connectivity index (χ1v) is 7.78. The standard InChI is InChI=1S/C18H29N3O3/c1-18(2,12-22-3)14(10-19)8-17(20)21-11-13-6-7-15(23-4)9-16(13)24-5/h6-10,21H,11-12,19-20H2,1-5H3/p+1. The number of quaternary nitrogens is 1. The van der Waals surface area contributed by atoms with Crippen molar-refractivity contribution in [2.24, 2.45) is 11.1 Å². The zero-order chi connectivity index (χ0) is 18.2. The quantitative estimate of drug-likeness (QED) is 0.593. The first-order chi connectivity index (χ1) is 11.4. The molecule has 1 aromatic carbocycles. The maximum atomic E-state index is 6.11. The Hall–Kier alpha value is -2.18. The SMILES string of the molecule is COCC(C)(C)C(C=C(N)NCc1ccc(OC)cc1OC)=C[NH3+]. The monoisotopic (exact) mass is 336 g/mol. The Kier molecular flexibility index (Phi) is 7.61. The van der Waals surface area contributed by atoms with Crippen LogP contribution < -0.4 is 26.3 Å². The third-order valence-electron chi connectivity index (χ3n) is 3.79. The molecule has 0 bridgehead atoms. The van der Waals surface area contributed by atoms with E-state index >= 15 is 0 Å². The number of nitrogens with one attached hydrogen (secondary N) is 1. The van der Waals surface area contributed by atoms with Gasteiger partial charge in [0.15, 0.2) is 0 Å². The lowest BCUT2D eigenvalue weighted by atomic mass is 9.85. The van der Waals surface area contributed by atoms with Crippen molar-refractivity contribution in [3.8, 4) is 11.5 Å². The topological polar surface area (TPSA) is 93.4 Å². The Morgan fingerprint density at radius 3 is 2.50 bits per heavy atom. The molecule has 0 amide bonds. The molecule has 0 heterocycles. The average Bonchev–Trinajstić information content (AvgIpc) is 2.57. The van der Waals surface area contributed by atoms with E-state index in [1.165, 1.54) is 0 Å². The summed E-state index contributed by atoms with van der Waals surface area (Å²) in [5, 5.41) is 3.20. The van der Waals surface area contributed by atoms with Gasteiger partial charge in [0.25, 0.3) is 0 Å². The lowest BCUT2D eigenvalue weighted by molar-refractivity contribution is -0.277. The molecule has 24 heavy (non-hydrogen) atoms. The summed E-state index contributed by atoms with van der Waals surface area (Å²) in [6.07, 6.45) is 3.70. The van der Waals surface area contributed by atoms with Gasteiger partial charge in [0.1, 0.15) is 11.5 Å². The number of hydrogen-bond donors (Lipinski definition) is 3. The number of hydrogen-bond acceptors (Lipinski definition) is 5. The fourth-order valence-electron chi connectivity index (χ4n) is 2.39. The van der Waals surface area contributed by atoms with Crippen molar-refractivity contribution in [3.05, 3.63) is 47.4 Å². The maximum absolute atomic E-state index is 6.11. The predicted octanol–water partition coefficient (Wildman–Crippen LogP) is 1.39. The number of allylic oxidation sites excluding steroid dienone is 1. The summed E-state index contributed by atoms with van der Waals surface area (Å²) in [7, 11) is 4.94. The first-order valence-electron chi connectivity index (χ1n) is 7.78. The van der Waals surface area contributed by atoms with Crippen molar-refractivity contribution in [2.45, 2.75) is 20.4 Å². The second-order valence-corrected chi connectivity index (χ2v) is 6.11.